The number of rotatable bonds is 5. The van der Waals surface area contributed by atoms with E-state index in [1.807, 2.05) is 24.5 Å². The molecular weight excluding hydrogens is 250 g/mol. The molecule has 6 heteroatoms. The molecule has 0 saturated heterocycles. The van der Waals surface area contributed by atoms with Gasteiger partial charge in [0.15, 0.2) is 0 Å². The highest BCUT2D eigenvalue weighted by molar-refractivity contribution is 7.98. The fraction of sp³-hybridized carbons (Fsp3) is 0.250. The van der Waals surface area contributed by atoms with Crippen LogP contribution in [0.15, 0.2) is 24.3 Å². The molecule has 0 aliphatic rings. The van der Waals surface area contributed by atoms with Crippen molar-refractivity contribution in [2.45, 2.75) is 0 Å². The Labute approximate surface area is 109 Å². The highest BCUT2D eigenvalue weighted by Gasteiger charge is 2.11. The second-order valence-corrected chi connectivity index (χ2v) is 4.62. The molecule has 18 heavy (non-hydrogen) atoms. The summed E-state index contributed by atoms with van der Waals surface area (Å²) in [6.45, 7) is 0.737. The molecule has 2 N–H and O–H groups in total. The molecule has 2 rings (SSSR count). The third-order valence-corrected chi connectivity index (χ3v) is 3.01. The van der Waals surface area contributed by atoms with E-state index in [1.54, 1.807) is 17.8 Å². The number of anilines is 1. The van der Waals surface area contributed by atoms with E-state index in [0.717, 1.165) is 17.7 Å². The van der Waals surface area contributed by atoms with E-state index in [2.05, 4.69) is 15.3 Å². The standard InChI is InChI=1S/C12H13N3O2S/c1-18-7-6-13-10-8-4-2-3-5-9(8)14-11(15-10)12(16)17/h2-5H,6-7H2,1H3,(H,16,17)(H,13,14,15). The minimum atomic E-state index is -1.12. The lowest BCUT2D eigenvalue weighted by molar-refractivity contribution is 0.0684. The van der Waals surface area contributed by atoms with Crippen molar-refractivity contribution in [2.24, 2.45) is 0 Å². The Morgan fingerprint density at radius 3 is 2.89 bits per heavy atom. The number of nitrogens with one attached hydrogen (secondary N) is 1. The molecule has 0 unspecified atom stereocenters. The van der Waals surface area contributed by atoms with Crippen LogP contribution in [0, 0.1) is 0 Å². The van der Waals surface area contributed by atoms with Gasteiger partial charge < -0.3 is 10.4 Å². The molecular formula is C12H13N3O2S. The maximum Gasteiger partial charge on any atom is 0.374 e. The Bertz CT molecular complexity index is 574. The van der Waals surface area contributed by atoms with E-state index < -0.39 is 5.97 Å². The van der Waals surface area contributed by atoms with Gasteiger partial charge in [0.1, 0.15) is 5.82 Å². The van der Waals surface area contributed by atoms with E-state index in [9.17, 15) is 4.79 Å². The van der Waals surface area contributed by atoms with E-state index in [4.69, 9.17) is 5.11 Å². The second kappa shape index (κ2) is 5.68. The molecule has 0 radical (unpaired) electrons. The predicted octanol–water partition coefficient (Wildman–Crippen LogP) is 2.10. The zero-order valence-electron chi connectivity index (χ0n) is 9.88. The lowest BCUT2D eigenvalue weighted by Crippen LogP contribution is -2.11. The normalized spacial score (nSPS) is 10.5. The minimum Gasteiger partial charge on any atom is -0.475 e. The number of carbonyl (C=O) groups is 1. The first-order valence-corrected chi connectivity index (χ1v) is 6.84. The monoisotopic (exact) mass is 263 g/mol. The molecule has 1 aromatic heterocycles. The molecule has 0 atom stereocenters. The summed E-state index contributed by atoms with van der Waals surface area (Å²) in [5, 5.41) is 13.0. The second-order valence-electron chi connectivity index (χ2n) is 3.64. The molecule has 0 bridgehead atoms. The number of carboxylic acids is 1. The van der Waals surface area contributed by atoms with Crippen molar-refractivity contribution in [3.63, 3.8) is 0 Å². The van der Waals surface area contributed by atoms with E-state index in [0.29, 0.717) is 11.3 Å². The van der Waals surface area contributed by atoms with Crippen LogP contribution in [-0.2, 0) is 0 Å². The van der Waals surface area contributed by atoms with Gasteiger partial charge in [-0.1, -0.05) is 12.1 Å². The van der Waals surface area contributed by atoms with Gasteiger partial charge in [0.05, 0.1) is 5.52 Å². The van der Waals surface area contributed by atoms with E-state index in [-0.39, 0.29) is 5.82 Å². The zero-order valence-corrected chi connectivity index (χ0v) is 10.7. The van der Waals surface area contributed by atoms with Crippen molar-refractivity contribution in [1.29, 1.82) is 0 Å². The SMILES string of the molecule is CSCCNc1nc(C(=O)O)nc2ccccc12. The van der Waals surface area contributed by atoms with Crippen LogP contribution in [0.3, 0.4) is 0 Å². The summed E-state index contributed by atoms with van der Waals surface area (Å²) in [6.07, 6.45) is 2.02. The highest BCUT2D eigenvalue weighted by atomic mass is 32.2. The summed E-state index contributed by atoms with van der Waals surface area (Å²) in [6, 6.07) is 7.37. The Kier molecular flexibility index (Phi) is 3.99. The maximum atomic E-state index is 11.0. The smallest absolute Gasteiger partial charge is 0.374 e. The van der Waals surface area contributed by atoms with Crippen LogP contribution in [0.4, 0.5) is 5.82 Å². The Morgan fingerprint density at radius 2 is 2.17 bits per heavy atom. The topological polar surface area (TPSA) is 75.1 Å². The molecule has 5 nitrogen and oxygen atoms in total. The molecule has 0 aliphatic heterocycles. The van der Waals surface area contributed by atoms with Crippen LogP contribution in [0.25, 0.3) is 10.9 Å². The summed E-state index contributed by atoms with van der Waals surface area (Å²) in [5.74, 6) is 0.210. The number of benzene rings is 1. The van der Waals surface area contributed by atoms with Crippen molar-refractivity contribution < 1.29 is 9.90 Å². The van der Waals surface area contributed by atoms with Crippen LogP contribution >= 0.6 is 11.8 Å². The lowest BCUT2D eigenvalue weighted by Gasteiger charge is -2.08. The van der Waals surface area contributed by atoms with Gasteiger partial charge >= 0.3 is 5.97 Å². The van der Waals surface area contributed by atoms with Crippen LogP contribution in [-0.4, -0.2) is 39.6 Å². The number of aromatic carboxylic acids is 1. The molecule has 2 aromatic rings. The van der Waals surface area contributed by atoms with Crippen LogP contribution in [0.1, 0.15) is 10.6 Å². The largest absolute Gasteiger partial charge is 0.475 e. The molecule has 94 valence electrons. The van der Waals surface area contributed by atoms with Gasteiger partial charge in [0.25, 0.3) is 0 Å². The summed E-state index contributed by atoms with van der Waals surface area (Å²) in [4.78, 5) is 19.0. The van der Waals surface area contributed by atoms with Crippen molar-refractivity contribution >= 4 is 34.5 Å². The fourth-order valence-electron chi connectivity index (χ4n) is 1.58. The van der Waals surface area contributed by atoms with Gasteiger partial charge in [-0.25, -0.2) is 14.8 Å². The van der Waals surface area contributed by atoms with Gasteiger partial charge in [-0.05, 0) is 18.4 Å². The predicted molar refractivity (Wildman–Crippen MR) is 73.4 cm³/mol. The number of aromatic nitrogens is 2. The van der Waals surface area contributed by atoms with Crippen molar-refractivity contribution in [2.75, 3.05) is 23.9 Å². The molecule has 0 aliphatic carbocycles. The zero-order chi connectivity index (χ0) is 13.0. The number of hydrogen-bond donors (Lipinski definition) is 2. The number of para-hydroxylation sites is 1. The Morgan fingerprint density at radius 1 is 1.39 bits per heavy atom. The first-order valence-electron chi connectivity index (χ1n) is 5.45. The lowest BCUT2D eigenvalue weighted by atomic mass is 10.2. The molecule has 1 aromatic carbocycles. The number of carboxylic acid groups (broad SMARTS) is 1. The Balaban J connectivity index is 2.43. The van der Waals surface area contributed by atoms with Gasteiger partial charge in [-0.3, -0.25) is 0 Å². The quantitative estimate of drug-likeness (QED) is 0.805. The first-order chi connectivity index (χ1) is 8.72. The summed E-state index contributed by atoms with van der Waals surface area (Å²) < 4.78 is 0. The van der Waals surface area contributed by atoms with Gasteiger partial charge in [0, 0.05) is 17.7 Å². The average molecular weight is 263 g/mol. The van der Waals surface area contributed by atoms with Gasteiger partial charge in [-0.2, -0.15) is 11.8 Å². The number of nitrogens with zero attached hydrogens (tertiary/aromatic N) is 2. The fourth-order valence-corrected chi connectivity index (χ4v) is 1.88. The Hall–Kier alpha value is -1.82. The van der Waals surface area contributed by atoms with Crippen LogP contribution in [0.5, 0.6) is 0 Å². The molecule has 0 saturated carbocycles. The van der Waals surface area contributed by atoms with Crippen LogP contribution in [0.2, 0.25) is 0 Å². The third-order valence-electron chi connectivity index (χ3n) is 2.39. The minimum absolute atomic E-state index is 0.180. The van der Waals surface area contributed by atoms with E-state index in [1.165, 1.54) is 0 Å². The highest BCUT2D eigenvalue weighted by Crippen LogP contribution is 2.19. The average Bonchev–Trinajstić information content (AvgIpc) is 2.38. The first kappa shape index (κ1) is 12.6. The van der Waals surface area contributed by atoms with Gasteiger partial charge in [0.2, 0.25) is 5.82 Å². The third kappa shape index (κ3) is 2.70. The summed E-state index contributed by atoms with van der Waals surface area (Å²) in [7, 11) is 0. The number of fused-ring (bicyclic) bond motifs is 1. The van der Waals surface area contributed by atoms with Crippen LogP contribution < -0.4 is 5.32 Å². The van der Waals surface area contributed by atoms with Gasteiger partial charge in [-0.15, -0.1) is 0 Å². The summed E-state index contributed by atoms with van der Waals surface area (Å²) >= 11 is 1.71. The van der Waals surface area contributed by atoms with Crippen molar-refractivity contribution in [3.05, 3.63) is 30.1 Å². The molecule has 1 heterocycles. The van der Waals surface area contributed by atoms with E-state index >= 15 is 0 Å². The molecule has 0 spiro atoms. The molecule has 0 amide bonds. The maximum absolute atomic E-state index is 11.0. The molecule has 0 fully saturated rings. The number of thioether (sulfide) groups is 1. The summed E-state index contributed by atoms with van der Waals surface area (Å²) in [5.41, 5.74) is 0.636. The number of hydrogen-bond acceptors (Lipinski definition) is 5. The van der Waals surface area contributed by atoms with Crippen molar-refractivity contribution in [1.82, 2.24) is 9.97 Å². The van der Waals surface area contributed by atoms with Crippen molar-refractivity contribution in [3.8, 4) is 0 Å².